The molecule has 1 saturated heterocycles. The highest BCUT2D eigenvalue weighted by atomic mass is 35.7. The molecule has 2 aliphatic rings. The minimum Gasteiger partial charge on any atom is -0.497 e. The molecule has 7 nitrogen and oxygen atoms in total. The maximum atomic E-state index is 8.49. The molecule has 3 unspecified atom stereocenters. The number of fused-ring (bicyclic) bond motifs is 1. The molecule has 1 aliphatic heterocycles. The number of methoxy groups -OCH3 is 1. The van der Waals surface area contributed by atoms with Gasteiger partial charge in [-0.2, -0.15) is 4.99 Å². The maximum Gasteiger partial charge on any atom is 0.341 e. The van der Waals surface area contributed by atoms with E-state index >= 15 is 0 Å². The van der Waals surface area contributed by atoms with Crippen molar-refractivity contribution >= 4 is 23.3 Å². The minimum absolute atomic E-state index is 0.319. The van der Waals surface area contributed by atoms with Crippen molar-refractivity contribution in [2.75, 3.05) is 7.11 Å². The highest BCUT2D eigenvalue weighted by Crippen LogP contribution is 2.42. The minimum atomic E-state index is -4.94. The molecule has 0 radical (unpaired) electrons. The predicted molar refractivity (Wildman–Crippen MR) is 102 cm³/mol. The van der Waals surface area contributed by atoms with Gasteiger partial charge in [0, 0.05) is 28.2 Å². The van der Waals surface area contributed by atoms with Crippen LogP contribution < -0.4 is 28.4 Å². The van der Waals surface area contributed by atoms with Crippen LogP contribution in [0.5, 0.6) is 5.75 Å². The van der Waals surface area contributed by atoms with E-state index in [1.807, 2.05) is 36.0 Å². The summed E-state index contributed by atoms with van der Waals surface area (Å²) in [7, 11) is -3.26. The second kappa shape index (κ2) is 10.5. The number of halogens is 1. The summed E-state index contributed by atoms with van der Waals surface area (Å²) < 4.78 is 45.6. The summed E-state index contributed by atoms with van der Waals surface area (Å²) in [5.41, 5.74) is 1.06. The maximum absolute atomic E-state index is 8.49. The first-order valence-electron chi connectivity index (χ1n) is 9.59. The third-order valence-electron chi connectivity index (χ3n) is 5.02. The van der Waals surface area contributed by atoms with Gasteiger partial charge in [0.05, 0.1) is 13.5 Å². The van der Waals surface area contributed by atoms with E-state index in [1.54, 1.807) is 7.11 Å². The molecule has 0 bridgehead atoms. The van der Waals surface area contributed by atoms with E-state index in [0.717, 1.165) is 23.8 Å². The van der Waals surface area contributed by atoms with E-state index in [4.69, 9.17) is 28.1 Å². The molecule has 0 aromatic heterocycles. The van der Waals surface area contributed by atoms with Gasteiger partial charge < -0.3 is 9.47 Å². The Morgan fingerprint density at radius 2 is 1.67 bits per heavy atom. The van der Waals surface area contributed by atoms with Gasteiger partial charge in [-0.1, -0.05) is 24.6 Å². The lowest BCUT2D eigenvalue weighted by Gasteiger charge is -2.30. The van der Waals surface area contributed by atoms with Crippen LogP contribution in [0.3, 0.4) is 0 Å². The number of thioether (sulfide) groups is 1. The molecule has 2 aromatic carbocycles. The molecule has 1 aliphatic carbocycles. The zero-order valence-electron chi connectivity index (χ0n) is 16.5. The van der Waals surface area contributed by atoms with Gasteiger partial charge in [-0.15, -0.1) is 22.0 Å². The van der Waals surface area contributed by atoms with Crippen LogP contribution >= 0.6 is 11.8 Å². The SMILES string of the molecule is COc1ccc([NH+]=C2CC3CCCC(Sc4ccccc4)C3O2)cc1.[O-][Cl+3]([O-])([O-])[O-]. The van der Waals surface area contributed by atoms with Crippen LogP contribution in [-0.2, 0) is 4.74 Å². The van der Waals surface area contributed by atoms with Gasteiger partial charge in [0.2, 0.25) is 5.69 Å². The molecule has 0 spiro atoms. The molecule has 9 heteroatoms. The zero-order valence-corrected chi connectivity index (χ0v) is 18.1. The Morgan fingerprint density at radius 3 is 2.30 bits per heavy atom. The number of hydrogen-bond acceptors (Lipinski definition) is 7. The van der Waals surface area contributed by atoms with E-state index in [9.17, 15) is 0 Å². The van der Waals surface area contributed by atoms with Gasteiger partial charge in [0.25, 0.3) is 0 Å². The first-order valence-corrected chi connectivity index (χ1v) is 11.7. The van der Waals surface area contributed by atoms with Crippen molar-refractivity contribution in [1.29, 1.82) is 0 Å². The molecule has 0 amide bonds. The van der Waals surface area contributed by atoms with Crippen LogP contribution in [0.25, 0.3) is 0 Å². The van der Waals surface area contributed by atoms with Crippen molar-refractivity contribution in [3.63, 3.8) is 0 Å². The molecule has 2 aromatic rings. The number of nitrogens with one attached hydrogen (secondary N) is 1. The fourth-order valence-electron chi connectivity index (χ4n) is 3.77. The number of ether oxygens (including phenoxy) is 2. The lowest BCUT2D eigenvalue weighted by molar-refractivity contribution is -2.00. The normalized spacial score (nSPS) is 24.4. The summed E-state index contributed by atoms with van der Waals surface area (Å²) in [6.07, 6.45) is 5.13. The Balaban J connectivity index is 0.000000461. The molecule has 3 atom stereocenters. The van der Waals surface area contributed by atoms with Gasteiger partial charge in [-0.25, -0.2) is 18.6 Å². The largest absolute Gasteiger partial charge is 0.497 e. The summed E-state index contributed by atoms with van der Waals surface area (Å²) in [5, 5.41) is 0.538. The first-order chi connectivity index (χ1) is 14.3. The fraction of sp³-hybridized carbons (Fsp3) is 0.381. The summed E-state index contributed by atoms with van der Waals surface area (Å²) in [6, 6.07) is 18.7. The van der Waals surface area contributed by atoms with Crippen molar-refractivity contribution in [3.8, 4) is 5.75 Å². The fourth-order valence-corrected chi connectivity index (χ4v) is 5.13. The third kappa shape index (κ3) is 7.16. The van der Waals surface area contributed by atoms with E-state index in [2.05, 4.69) is 35.3 Å². The summed E-state index contributed by atoms with van der Waals surface area (Å²) in [6.45, 7) is 0. The molecule has 30 heavy (non-hydrogen) atoms. The number of hydrogen-bond donors (Lipinski definition) is 1. The van der Waals surface area contributed by atoms with Gasteiger partial charge in [0.1, 0.15) is 11.9 Å². The van der Waals surface area contributed by atoms with Crippen LogP contribution in [0.15, 0.2) is 59.5 Å². The second-order valence-electron chi connectivity index (χ2n) is 7.10. The van der Waals surface area contributed by atoms with Crippen LogP contribution in [0.4, 0.5) is 5.69 Å². The monoisotopic (exact) mass is 453 g/mol. The van der Waals surface area contributed by atoms with Crippen LogP contribution in [0.1, 0.15) is 25.7 Å². The van der Waals surface area contributed by atoms with Crippen LogP contribution in [0.2, 0.25) is 0 Å². The van der Waals surface area contributed by atoms with Crippen molar-refractivity contribution in [2.24, 2.45) is 5.92 Å². The topological polar surface area (TPSA) is 125 Å². The van der Waals surface area contributed by atoms with E-state index in [0.29, 0.717) is 17.3 Å². The highest BCUT2D eigenvalue weighted by molar-refractivity contribution is 8.00. The predicted octanol–water partition coefficient (Wildman–Crippen LogP) is -1.20. The van der Waals surface area contributed by atoms with Crippen molar-refractivity contribution in [3.05, 3.63) is 54.6 Å². The summed E-state index contributed by atoms with van der Waals surface area (Å²) >= 11 is 1.97. The zero-order chi connectivity index (χ0) is 21.6. The molecule has 1 N–H and O–H groups in total. The Morgan fingerprint density at radius 1 is 1.00 bits per heavy atom. The lowest BCUT2D eigenvalue weighted by Crippen LogP contribution is -2.68. The van der Waals surface area contributed by atoms with Gasteiger partial charge in [0.15, 0.2) is 0 Å². The van der Waals surface area contributed by atoms with Crippen LogP contribution in [-0.4, -0.2) is 24.4 Å². The van der Waals surface area contributed by atoms with Gasteiger partial charge in [-0.3, -0.25) is 0 Å². The molecule has 162 valence electrons. The van der Waals surface area contributed by atoms with Crippen molar-refractivity contribution in [1.82, 2.24) is 0 Å². The lowest BCUT2D eigenvalue weighted by atomic mass is 9.86. The standard InChI is InChI=1S/C21H23NO2S.ClHO4/c1-23-17-12-10-16(11-13-17)22-20-14-15-6-5-9-19(21(15)24-20)25-18-7-3-2-4-8-18;2-1(3,4)5/h2-4,7-8,10-13,15,19,21H,5-6,9,14H2,1H3;(H,2,3,4,5). The quantitative estimate of drug-likeness (QED) is 0.616. The molecule has 1 heterocycles. The Bertz CT molecular complexity index is 822. The van der Waals surface area contributed by atoms with Gasteiger partial charge in [-0.05, 0) is 37.1 Å². The molecular formula is C21H24ClNO6S. The molecule has 1 saturated carbocycles. The molecular weight excluding hydrogens is 430 g/mol. The summed E-state index contributed by atoms with van der Waals surface area (Å²) in [4.78, 5) is 4.80. The number of benzene rings is 2. The Kier molecular flexibility index (Phi) is 7.99. The van der Waals surface area contributed by atoms with E-state index in [-0.39, 0.29) is 0 Å². The Labute approximate surface area is 182 Å². The molecule has 4 rings (SSSR count). The van der Waals surface area contributed by atoms with E-state index in [1.165, 1.54) is 24.2 Å². The van der Waals surface area contributed by atoms with Crippen molar-refractivity contribution < 1.29 is 43.3 Å². The average molecular weight is 454 g/mol. The second-order valence-corrected chi connectivity index (χ2v) is 9.17. The number of rotatable bonds is 4. The van der Waals surface area contributed by atoms with Gasteiger partial charge >= 0.3 is 5.90 Å². The Hall–Kier alpha value is -1.81. The summed E-state index contributed by atoms with van der Waals surface area (Å²) in [5.74, 6) is 2.52. The smallest absolute Gasteiger partial charge is 0.341 e. The highest BCUT2D eigenvalue weighted by Gasteiger charge is 2.44. The molecule has 2 fully saturated rings. The van der Waals surface area contributed by atoms with Crippen LogP contribution in [0, 0.1) is 16.2 Å². The van der Waals surface area contributed by atoms with E-state index < -0.39 is 10.2 Å². The first kappa shape index (κ1) is 22.9. The average Bonchev–Trinajstić information content (AvgIpc) is 3.12. The third-order valence-corrected chi connectivity index (χ3v) is 6.38. The van der Waals surface area contributed by atoms with Crippen molar-refractivity contribution in [2.45, 2.75) is 41.9 Å².